The van der Waals surface area contributed by atoms with Crippen molar-refractivity contribution in [3.05, 3.63) is 28.2 Å². The van der Waals surface area contributed by atoms with Gasteiger partial charge in [0, 0.05) is 12.6 Å². The number of likely N-dealkylation sites (tertiary alicyclic amines) is 1. The van der Waals surface area contributed by atoms with Crippen molar-refractivity contribution >= 4 is 15.9 Å². The lowest BCUT2D eigenvalue weighted by atomic mass is 10.1. The third-order valence-electron chi connectivity index (χ3n) is 3.37. The van der Waals surface area contributed by atoms with Crippen LogP contribution in [0.15, 0.2) is 22.7 Å². The van der Waals surface area contributed by atoms with E-state index in [9.17, 15) is 5.11 Å². The number of phenols is 1. The lowest BCUT2D eigenvalue weighted by Crippen LogP contribution is -2.28. The molecular weight excluding hydrogens is 266 g/mol. The molecule has 1 aliphatic rings. The second-order valence-corrected chi connectivity index (χ2v) is 5.31. The SMILES string of the molecule is CCC1CCCN1Cc1ccc(O)c(Br)c1. The van der Waals surface area contributed by atoms with E-state index >= 15 is 0 Å². The number of aromatic hydroxyl groups is 1. The van der Waals surface area contributed by atoms with E-state index in [0.29, 0.717) is 5.75 Å². The fraction of sp³-hybridized carbons (Fsp3) is 0.538. The summed E-state index contributed by atoms with van der Waals surface area (Å²) in [6, 6.07) is 6.52. The molecule has 0 amide bonds. The van der Waals surface area contributed by atoms with Crippen LogP contribution in [0.1, 0.15) is 31.7 Å². The van der Waals surface area contributed by atoms with E-state index in [1.807, 2.05) is 12.1 Å². The minimum atomic E-state index is 0.317. The molecule has 2 rings (SSSR count). The van der Waals surface area contributed by atoms with Crippen LogP contribution >= 0.6 is 15.9 Å². The Labute approximate surface area is 105 Å². The highest BCUT2D eigenvalue weighted by Crippen LogP contribution is 2.27. The van der Waals surface area contributed by atoms with Crippen molar-refractivity contribution in [2.45, 2.75) is 38.8 Å². The Morgan fingerprint density at radius 3 is 3.00 bits per heavy atom. The maximum atomic E-state index is 9.44. The van der Waals surface area contributed by atoms with Crippen molar-refractivity contribution in [3.8, 4) is 5.75 Å². The Morgan fingerprint density at radius 2 is 2.31 bits per heavy atom. The average molecular weight is 284 g/mol. The van der Waals surface area contributed by atoms with Crippen LogP contribution in [0.4, 0.5) is 0 Å². The summed E-state index contributed by atoms with van der Waals surface area (Å²) in [7, 11) is 0. The number of rotatable bonds is 3. The van der Waals surface area contributed by atoms with E-state index in [0.717, 1.165) is 17.1 Å². The Hall–Kier alpha value is -0.540. The predicted octanol–water partition coefficient (Wildman–Crippen LogP) is 3.53. The Kier molecular flexibility index (Phi) is 3.87. The molecule has 1 aromatic carbocycles. The molecule has 1 heterocycles. The molecule has 1 saturated heterocycles. The quantitative estimate of drug-likeness (QED) is 0.917. The number of benzene rings is 1. The molecule has 0 aromatic heterocycles. The summed E-state index contributed by atoms with van der Waals surface area (Å²) in [5.74, 6) is 0.317. The van der Waals surface area contributed by atoms with Gasteiger partial charge in [-0.3, -0.25) is 4.90 Å². The summed E-state index contributed by atoms with van der Waals surface area (Å²) < 4.78 is 0.789. The Morgan fingerprint density at radius 1 is 1.50 bits per heavy atom. The van der Waals surface area contributed by atoms with Crippen molar-refractivity contribution in [2.75, 3.05) is 6.54 Å². The molecule has 3 heteroatoms. The van der Waals surface area contributed by atoms with Gasteiger partial charge in [0.25, 0.3) is 0 Å². The molecule has 0 spiro atoms. The van der Waals surface area contributed by atoms with Gasteiger partial charge in [-0.1, -0.05) is 13.0 Å². The van der Waals surface area contributed by atoms with Gasteiger partial charge in [-0.05, 0) is 59.4 Å². The Balaban J connectivity index is 2.05. The average Bonchev–Trinajstić information content (AvgIpc) is 2.71. The van der Waals surface area contributed by atoms with E-state index in [2.05, 4.69) is 27.8 Å². The van der Waals surface area contributed by atoms with Crippen molar-refractivity contribution < 1.29 is 5.11 Å². The first kappa shape index (κ1) is 11.9. The lowest BCUT2D eigenvalue weighted by Gasteiger charge is -2.23. The maximum Gasteiger partial charge on any atom is 0.129 e. The molecule has 0 saturated carbocycles. The molecular formula is C13H18BrNO. The first-order chi connectivity index (χ1) is 7.70. The molecule has 88 valence electrons. The fourth-order valence-electron chi connectivity index (χ4n) is 2.45. The molecule has 0 aliphatic carbocycles. The Bertz CT molecular complexity index is 367. The van der Waals surface area contributed by atoms with Crippen LogP contribution in [0.5, 0.6) is 5.75 Å². The summed E-state index contributed by atoms with van der Waals surface area (Å²) in [6.45, 7) is 4.46. The molecule has 1 aliphatic heterocycles. The van der Waals surface area contributed by atoms with Crippen molar-refractivity contribution in [1.29, 1.82) is 0 Å². The normalized spacial score (nSPS) is 21.5. The van der Waals surface area contributed by atoms with E-state index in [1.54, 1.807) is 6.07 Å². The van der Waals surface area contributed by atoms with Gasteiger partial charge in [0.2, 0.25) is 0 Å². The maximum absolute atomic E-state index is 9.44. The summed E-state index contributed by atoms with van der Waals surface area (Å²) in [5, 5.41) is 9.44. The zero-order valence-electron chi connectivity index (χ0n) is 9.62. The second kappa shape index (κ2) is 5.19. The highest BCUT2D eigenvalue weighted by molar-refractivity contribution is 9.10. The van der Waals surface area contributed by atoms with E-state index < -0.39 is 0 Å². The van der Waals surface area contributed by atoms with Gasteiger partial charge in [0.1, 0.15) is 5.75 Å². The van der Waals surface area contributed by atoms with Gasteiger partial charge in [0.05, 0.1) is 4.47 Å². The first-order valence-corrected chi connectivity index (χ1v) is 6.71. The number of hydrogen-bond acceptors (Lipinski definition) is 2. The summed E-state index contributed by atoms with van der Waals surface area (Å²) in [4.78, 5) is 2.54. The second-order valence-electron chi connectivity index (χ2n) is 4.46. The van der Waals surface area contributed by atoms with Crippen molar-refractivity contribution in [3.63, 3.8) is 0 Å². The van der Waals surface area contributed by atoms with Crippen LogP contribution in [-0.2, 0) is 6.54 Å². The summed E-state index contributed by atoms with van der Waals surface area (Å²) >= 11 is 3.36. The summed E-state index contributed by atoms with van der Waals surface area (Å²) in [5.41, 5.74) is 1.27. The molecule has 1 atom stereocenters. The van der Waals surface area contributed by atoms with Gasteiger partial charge in [-0.15, -0.1) is 0 Å². The lowest BCUT2D eigenvalue weighted by molar-refractivity contribution is 0.240. The zero-order chi connectivity index (χ0) is 11.5. The highest BCUT2D eigenvalue weighted by Gasteiger charge is 2.22. The molecule has 2 nitrogen and oxygen atoms in total. The van der Waals surface area contributed by atoms with Crippen LogP contribution in [0.2, 0.25) is 0 Å². The summed E-state index contributed by atoms with van der Waals surface area (Å²) in [6.07, 6.45) is 3.88. The fourth-order valence-corrected chi connectivity index (χ4v) is 2.88. The molecule has 1 fully saturated rings. The van der Waals surface area contributed by atoms with Crippen LogP contribution in [-0.4, -0.2) is 22.6 Å². The van der Waals surface area contributed by atoms with Crippen LogP contribution in [0, 0.1) is 0 Å². The third kappa shape index (κ3) is 2.58. The van der Waals surface area contributed by atoms with E-state index in [1.165, 1.54) is 31.4 Å². The molecule has 0 radical (unpaired) electrons. The van der Waals surface area contributed by atoms with E-state index in [-0.39, 0.29) is 0 Å². The number of phenolic OH excluding ortho intramolecular Hbond substituents is 1. The number of halogens is 1. The molecule has 16 heavy (non-hydrogen) atoms. The largest absolute Gasteiger partial charge is 0.507 e. The van der Waals surface area contributed by atoms with E-state index in [4.69, 9.17) is 0 Å². The molecule has 0 bridgehead atoms. The molecule has 1 aromatic rings. The number of hydrogen-bond donors (Lipinski definition) is 1. The van der Waals surface area contributed by atoms with Crippen LogP contribution in [0.3, 0.4) is 0 Å². The predicted molar refractivity (Wildman–Crippen MR) is 69.5 cm³/mol. The standard InChI is InChI=1S/C13H18BrNO/c1-2-11-4-3-7-15(11)9-10-5-6-13(16)12(14)8-10/h5-6,8,11,16H,2-4,7,9H2,1H3. The van der Waals surface area contributed by atoms with Gasteiger partial charge in [0.15, 0.2) is 0 Å². The minimum absolute atomic E-state index is 0.317. The van der Waals surface area contributed by atoms with Gasteiger partial charge >= 0.3 is 0 Å². The van der Waals surface area contributed by atoms with Gasteiger partial charge in [-0.25, -0.2) is 0 Å². The van der Waals surface area contributed by atoms with Gasteiger partial charge < -0.3 is 5.11 Å². The molecule has 1 N–H and O–H groups in total. The topological polar surface area (TPSA) is 23.5 Å². The van der Waals surface area contributed by atoms with Crippen LogP contribution < -0.4 is 0 Å². The monoisotopic (exact) mass is 283 g/mol. The van der Waals surface area contributed by atoms with Gasteiger partial charge in [-0.2, -0.15) is 0 Å². The van der Waals surface area contributed by atoms with Crippen molar-refractivity contribution in [1.82, 2.24) is 4.90 Å². The smallest absolute Gasteiger partial charge is 0.129 e. The third-order valence-corrected chi connectivity index (χ3v) is 4.00. The minimum Gasteiger partial charge on any atom is -0.507 e. The molecule has 1 unspecified atom stereocenters. The highest BCUT2D eigenvalue weighted by atomic mass is 79.9. The first-order valence-electron chi connectivity index (χ1n) is 5.92. The van der Waals surface area contributed by atoms with Crippen LogP contribution in [0.25, 0.3) is 0 Å². The van der Waals surface area contributed by atoms with Crippen molar-refractivity contribution in [2.24, 2.45) is 0 Å². The zero-order valence-corrected chi connectivity index (χ0v) is 11.2. The number of nitrogens with zero attached hydrogens (tertiary/aromatic N) is 1.